The summed E-state index contributed by atoms with van der Waals surface area (Å²) < 4.78 is 0.779. The Labute approximate surface area is 119 Å². The molecule has 0 saturated heterocycles. The van der Waals surface area contributed by atoms with E-state index >= 15 is 0 Å². The molecule has 0 fully saturated rings. The van der Waals surface area contributed by atoms with Gasteiger partial charge in [0.05, 0.1) is 5.69 Å². The van der Waals surface area contributed by atoms with Crippen LogP contribution < -0.4 is 0 Å². The highest BCUT2D eigenvalue weighted by Crippen LogP contribution is 2.27. The van der Waals surface area contributed by atoms with Crippen LogP contribution in [0.4, 0.5) is 0 Å². The summed E-state index contributed by atoms with van der Waals surface area (Å²) in [6, 6.07) is 5.73. The summed E-state index contributed by atoms with van der Waals surface area (Å²) in [5, 5.41) is 7.42. The van der Waals surface area contributed by atoms with Gasteiger partial charge in [-0.05, 0) is 28.1 Å². The monoisotopic (exact) mass is 320 g/mol. The number of fused-ring (bicyclic) bond motifs is 1. The number of halogens is 1. The van der Waals surface area contributed by atoms with Crippen molar-refractivity contribution in [2.75, 3.05) is 6.54 Å². The van der Waals surface area contributed by atoms with Crippen LogP contribution in [-0.4, -0.2) is 32.5 Å². The molecule has 0 atom stereocenters. The lowest BCUT2D eigenvalue weighted by molar-refractivity contribution is -0.129. The van der Waals surface area contributed by atoms with Crippen molar-refractivity contribution in [3.05, 3.63) is 34.1 Å². The quantitative estimate of drug-likeness (QED) is 0.819. The van der Waals surface area contributed by atoms with Crippen LogP contribution in [0, 0.1) is 0 Å². The zero-order chi connectivity index (χ0) is 13.4. The van der Waals surface area contributed by atoms with Gasteiger partial charge in [0.2, 0.25) is 5.91 Å². The highest BCUT2D eigenvalue weighted by atomic mass is 79.9. The molecule has 2 aromatic rings. The van der Waals surface area contributed by atoms with Gasteiger partial charge in [-0.1, -0.05) is 6.07 Å². The van der Waals surface area contributed by atoms with Crippen molar-refractivity contribution in [3.63, 3.8) is 0 Å². The van der Waals surface area contributed by atoms with E-state index in [4.69, 9.17) is 0 Å². The smallest absolute Gasteiger partial charge is 0.219 e. The Morgan fingerprint density at radius 3 is 3.05 bits per heavy atom. The number of hydrogen-bond donors (Lipinski definition) is 1. The lowest BCUT2D eigenvalue weighted by Gasteiger charge is -2.25. The van der Waals surface area contributed by atoms with Crippen molar-refractivity contribution < 1.29 is 4.79 Å². The maximum atomic E-state index is 11.5. The second kappa shape index (κ2) is 4.77. The molecule has 0 aliphatic carbocycles. The summed E-state index contributed by atoms with van der Waals surface area (Å²) in [6.07, 6.45) is 0.815. The van der Waals surface area contributed by atoms with Gasteiger partial charge in [-0.25, -0.2) is 4.98 Å². The van der Waals surface area contributed by atoms with Crippen molar-refractivity contribution in [2.45, 2.75) is 19.9 Å². The Hall–Kier alpha value is -1.69. The van der Waals surface area contributed by atoms with Gasteiger partial charge >= 0.3 is 0 Å². The molecule has 0 aromatic carbocycles. The molecule has 98 valence electrons. The first-order valence-corrected chi connectivity index (χ1v) is 6.89. The summed E-state index contributed by atoms with van der Waals surface area (Å²) in [4.78, 5) is 17.8. The number of aromatic nitrogens is 3. The minimum atomic E-state index is 0.0972. The van der Waals surface area contributed by atoms with Crippen molar-refractivity contribution in [1.29, 1.82) is 0 Å². The zero-order valence-electron chi connectivity index (χ0n) is 10.5. The summed E-state index contributed by atoms with van der Waals surface area (Å²) in [7, 11) is 0. The summed E-state index contributed by atoms with van der Waals surface area (Å²) in [5.41, 5.74) is 3.83. The molecule has 1 N–H and O–H groups in total. The van der Waals surface area contributed by atoms with Crippen molar-refractivity contribution in [1.82, 2.24) is 20.1 Å². The van der Waals surface area contributed by atoms with E-state index in [2.05, 4.69) is 31.1 Å². The second-order valence-electron chi connectivity index (χ2n) is 4.57. The van der Waals surface area contributed by atoms with E-state index < -0.39 is 0 Å². The maximum absolute atomic E-state index is 11.5. The maximum Gasteiger partial charge on any atom is 0.219 e. The van der Waals surface area contributed by atoms with E-state index in [1.165, 1.54) is 0 Å². The van der Waals surface area contributed by atoms with Gasteiger partial charge in [-0.15, -0.1) is 0 Å². The number of carbonyl (C=O) groups excluding carboxylic acids is 1. The predicted molar refractivity (Wildman–Crippen MR) is 74.3 cm³/mol. The Balaban J connectivity index is 2.01. The van der Waals surface area contributed by atoms with Crippen LogP contribution in [0.5, 0.6) is 0 Å². The minimum Gasteiger partial charge on any atom is -0.338 e. The predicted octanol–water partition coefficient (Wildman–Crippen LogP) is 2.14. The Bertz CT molecular complexity index is 637. The third-order valence-electron chi connectivity index (χ3n) is 3.34. The average Bonchev–Trinajstić information content (AvgIpc) is 2.81. The van der Waals surface area contributed by atoms with Crippen LogP contribution >= 0.6 is 15.9 Å². The SMILES string of the molecule is CC(=O)N1CCc2[nH]nc(-c3cccc(Br)n3)c2C1. The fourth-order valence-electron chi connectivity index (χ4n) is 2.32. The summed E-state index contributed by atoms with van der Waals surface area (Å²) in [5.74, 6) is 0.0972. The molecule has 3 heterocycles. The fourth-order valence-corrected chi connectivity index (χ4v) is 2.66. The van der Waals surface area contributed by atoms with E-state index in [0.717, 1.165) is 40.2 Å². The highest BCUT2D eigenvalue weighted by molar-refractivity contribution is 9.10. The lowest BCUT2D eigenvalue weighted by atomic mass is 10.0. The van der Waals surface area contributed by atoms with Crippen molar-refractivity contribution >= 4 is 21.8 Å². The van der Waals surface area contributed by atoms with E-state index in [1.54, 1.807) is 6.92 Å². The molecule has 1 aliphatic heterocycles. The molecule has 0 unspecified atom stereocenters. The number of rotatable bonds is 1. The number of nitrogens with zero attached hydrogens (tertiary/aromatic N) is 3. The molecule has 0 bridgehead atoms. The van der Waals surface area contributed by atoms with Gasteiger partial charge < -0.3 is 4.90 Å². The van der Waals surface area contributed by atoms with E-state index in [0.29, 0.717) is 6.54 Å². The number of amides is 1. The standard InChI is InChI=1S/C13H13BrN4O/c1-8(19)18-6-5-10-9(7-18)13(17-16-10)11-3-2-4-12(14)15-11/h2-4H,5-7H2,1H3,(H,16,17). The van der Waals surface area contributed by atoms with Crippen LogP contribution in [0.1, 0.15) is 18.2 Å². The molecule has 3 rings (SSSR count). The van der Waals surface area contributed by atoms with Gasteiger partial charge in [0, 0.05) is 37.7 Å². The molecule has 0 saturated carbocycles. The number of H-pyrrole nitrogens is 1. The number of carbonyl (C=O) groups is 1. The molecular formula is C13H13BrN4O. The van der Waals surface area contributed by atoms with Gasteiger partial charge in [-0.3, -0.25) is 9.89 Å². The Kier molecular flexibility index (Phi) is 3.10. The first-order chi connectivity index (χ1) is 9.15. The summed E-state index contributed by atoms with van der Waals surface area (Å²) >= 11 is 3.37. The van der Waals surface area contributed by atoms with E-state index in [9.17, 15) is 4.79 Å². The van der Waals surface area contributed by atoms with E-state index in [1.807, 2.05) is 23.1 Å². The van der Waals surface area contributed by atoms with Gasteiger partial charge in [0.25, 0.3) is 0 Å². The molecule has 6 heteroatoms. The summed E-state index contributed by atoms with van der Waals surface area (Å²) in [6.45, 7) is 2.95. The Morgan fingerprint density at radius 1 is 1.47 bits per heavy atom. The van der Waals surface area contributed by atoms with Crippen molar-refractivity contribution in [3.8, 4) is 11.4 Å². The molecule has 5 nitrogen and oxygen atoms in total. The highest BCUT2D eigenvalue weighted by Gasteiger charge is 2.24. The molecule has 0 radical (unpaired) electrons. The third kappa shape index (κ3) is 2.28. The van der Waals surface area contributed by atoms with Crippen LogP contribution in [0.3, 0.4) is 0 Å². The van der Waals surface area contributed by atoms with Crippen LogP contribution in [0.2, 0.25) is 0 Å². The average molecular weight is 321 g/mol. The minimum absolute atomic E-state index is 0.0972. The topological polar surface area (TPSA) is 61.9 Å². The molecular weight excluding hydrogens is 308 g/mol. The fraction of sp³-hybridized carbons (Fsp3) is 0.308. The number of aromatic amines is 1. The number of hydrogen-bond acceptors (Lipinski definition) is 3. The largest absolute Gasteiger partial charge is 0.338 e. The molecule has 1 amide bonds. The molecule has 1 aliphatic rings. The number of nitrogens with one attached hydrogen (secondary N) is 1. The first-order valence-electron chi connectivity index (χ1n) is 6.09. The number of pyridine rings is 1. The molecule has 19 heavy (non-hydrogen) atoms. The van der Waals surface area contributed by atoms with Crippen molar-refractivity contribution in [2.24, 2.45) is 0 Å². The van der Waals surface area contributed by atoms with Crippen LogP contribution in [-0.2, 0) is 17.8 Å². The van der Waals surface area contributed by atoms with E-state index in [-0.39, 0.29) is 5.91 Å². The van der Waals surface area contributed by atoms with Crippen LogP contribution in [0.25, 0.3) is 11.4 Å². The van der Waals surface area contributed by atoms with Gasteiger partial charge in [0.1, 0.15) is 10.3 Å². The first kappa shape index (κ1) is 12.3. The van der Waals surface area contributed by atoms with Crippen LogP contribution in [0.15, 0.2) is 22.8 Å². The Morgan fingerprint density at radius 2 is 2.32 bits per heavy atom. The van der Waals surface area contributed by atoms with Gasteiger partial charge in [-0.2, -0.15) is 5.10 Å². The normalized spacial score (nSPS) is 14.3. The molecule has 0 spiro atoms. The molecule has 2 aromatic heterocycles. The third-order valence-corrected chi connectivity index (χ3v) is 3.78. The van der Waals surface area contributed by atoms with Gasteiger partial charge in [0.15, 0.2) is 0 Å². The lowest BCUT2D eigenvalue weighted by Crippen LogP contribution is -2.34. The zero-order valence-corrected chi connectivity index (χ0v) is 12.1. The second-order valence-corrected chi connectivity index (χ2v) is 5.38.